The van der Waals surface area contributed by atoms with E-state index in [4.69, 9.17) is 15.2 Å². The number of nitrogens with zero attached hydrogens (tertiary/aromatic N) is 2. The maximum absolute atomic E-state index is 12.5. The second-order valence-corrected chi connectivity index (χ2v) is 8.84. The van der Waals surface area contributed by atoms with E-state index in [1.54, 1.807) is 20.8 Å². The Balaban J connectivity index is 2.78. The van der Waals surface area contributed by atoms with Gasteiger partial charge in [0.2, 0.25) is 0 Å². The fourth-order valence-electron chi connectivity index (χ4n) is 3.07. The van der Waals surface area contributed by atoms with Crippen molar-refractivity contribution in [2.75, 3.05) is 33.3 Å². The van der Waals surface area contributed by atoms with Gasteiger partial charge in [0.15, 0.2) is 0 Å². The van der Waals surface area contributed by atoms with Gasteiger partial charge in [0.1, 0.15) is 17.4 Å². The number of hydrogen-bond donors (Lipinski definition) is 1. The SMILES string of the molecule is COC(=O)[C@H]1CN(CCC(C)(C)[C@@H](N)C(C)=O)CCN1C(=O)OC(C)(C)C. The van der Waals surface area contributed by atoms with Gasteiger partial charge in [-0.05, 0) is 46.1 Å². The van der Waals surface area contributed by atoms with Crippen molar-refractivity contribution in [2.45, 2.75) is 65.6 Å². The molecule has 1 aliphatic heterocycles. The highest BCUT2D eigenvalue weighted by atomic mass is 16.6. The topological polar surface area (TPSA) is 102 Å². The summed E-state index contributed by atoms with van der Waals surface area (Å²) in [6.45, 7) is 12.8. The molecule has 8 heteroatoms. The maximum Gasteiger partial charge on any atom is 0.411 e. The van der Waals surface area contributed by atoms with Crippen LogP contribution in [0.25, 0.3) is 0 Å². The van der Waals surface area contributed by atoms with E-state index in [1.807, 2.05) is 13.8 Å². The van der Waals surface area contributed by atoms with Crippen molar-refractivity contribution in [3.63, 3.8) is 0 Å². The van der Waals surface area contributed by atoms with Crippen molar-refractivity contribution in [1.29, 1.82) is 0 Å². The summed E-state index contributed by atoms with van der Waals surface area (Å²) in [4.78, 5) is 39.8. The smallest absolute Gasteiger partial charge is 0.411 e. The van der Waals surface area contributed by atoms with Crippen LogP contribution in [-0.4, -0.2) is 78.6 Å². The normalized spacial score (nSPS) is 20.1. The van der Waals surface area contributed by atoms with Gasteiger partial charge in [0, 0.05) is 19.6 Å². The second kappa shape index (κ2) is 9.01. The van der Waals surface area contributed by atoms with Crippen LogP contribution in [0, 0.1) is 5.41 Å². The summed E-state index contributed by atoms with van der Waals surface area (Å²) in [5, 5.41) is 0. The summed E-state index contributed by atoms with van der Waals surface area (Å²) in [5.41, 5.74) is 5.03. The Bertz CT molecular complexity index is 556. The maximum atomic E-state index is 12.5. The third kappa shape index (κ3) is 6.77. The Hall–Kier alpha value is -1.67. The molecule has 0 bridgehead atoms. The van der Waals surface area contributed by atoms with Gasteiger partial charge in [-0.1, -0.05) is 13.8 Å². The molecule has 1 rings (SSSR count). The number of esters is 1. The number of methoxy groups -OCH3 is 1. The van der Waals surface area contributed by atoms with Crippen molar-refractivity contribution >= 4 is 17.8 Å². The fraction of sp³-hybridized carbons (Fsp3) is 0.842. The Kier molecular flexibility index (Phi) is 7.80. The van der Waals surface area contributed by atoms with Gasteiger partial charge in [-0.25, -0.2) is 9.59 Å². The number of amides is 1. The highest BCUT2D eigenvalue weighted by Crippen LogP contribution is 2.26. The summed E-state index contributed by atoms with van der Waals surface area (Å²) in [5.74, 6) is -0.507. The van der Waals surface area contributed by atoms with Crippen LogP contribution in [0.1, 0.15) is 48.0 Å². The summed E-state index contributed by atoms with van der Waals surface area (Å²) < 4.78 is 10.3. The van der Waals surface area contributed by atoms with Crippen molar-refractivity contribution in [3.8, 4) is 0 Å². The molecule has 2 atom stereocenters. The predicted octanol–water partition coefficient (Wildman–Crippen LogP) is 1.41. The Morgan fingerprint density at radius 1 is 1.15 bits per heavy atom. The first kappa shape index (κ1) is 23.4. The van der Waals surface area contributed by atoms with Crippen molar-refractivity contribution in [2.24, 2.45) is 11.1 Å². The third-order valence-corrected chi connectivity index (χ3v) is 4.92. The van der Waals surface area contributed by atoms with Crippen LogP contribution in [0.5, 0.6) is 0 Å². The van der Waals surface area contributed by atoms with Crippen molar-refractivity contribution in [1.82, 2.24) is 9.80 Å². The zero-order chi connectivity index (χ0) is 21.0. The summed E-state index contributed by atoms with van der Waals surface area (Å²) in [6, 6.07) is -1.25. The molecule has 1 fully saturated rings. The van der Waals surface area contributed by atoms with E-state index < -0.39 is 29.7 Å². The zero-order valence-electron chi connectivity index (χ0n) is 17.7. The molecule has 0 aromatic carbocycles. The molecule has 0 aliphatic carbocycles. The number of piperazine rings is 1. The minimum absolute atomic E-state index is 0.0396. The van der Waals surface area contributed by atoms with Crippen molar-refractivity contribution in [3.05, 3.63) is 0 Å². The lowest BCUT2D eigenvalue weighted by molar-refractivity contribution is -0.149. The first-order valence-electron chi connectivity index (χ1n) is 9.34. The first-order chi connectivity index (χ1) is 12.3. The van der Waals surface area contributed by atoms with E-state index in [0.717, 1.165) is 0 Å². The molecule has 0 radical (unpaired) electrons. The van der Waals surface area contributed by atoms with Gasteiger partial charge in [-0.15, -0.1) is 0 Å². The van der Waals surface area contributed by atoms with Gasteiger partial charge in [-0.3, -0.25) is 14.6 Å². The van der Waals surface area contributed by atoms with Crippen LogP contribution >= 0.6 is 0 Å². The van der Waals surface area contributed by atoms with Crippen LogP contribution in [0.3, 0.4) is 0 Å². The molecule has 0 aromatic rings. The number of ketones is 1. The molecule has 0 unspecified atom stereocenters. The molecule has 27 heavy (non-hydrogen) atoms. The van der Waals surface area contributed by atoms with Gasteiger partial charge in [0.05, 0.1) is 13.2 Å². The van der Waals surface area contributed by atoms with Crippen molar-refractivity contribution < 1.29 is 23.9 Å². The molecule has 1 amide bonds. The van der Waals surface area contributed by atoms with Crippen LogP contribution in [-0.2, 0) is 19.1 Å². The highest BCUT2D eigenvalue weighted by molar-refractivity contribution is 5.82. The average molecular weight is 386 g/mol. The van der Waals surface area contributed by atoms with E-state index in [2.05, 4.69) is 4.90 Å². The third-order valence-electron chi connectivity index (χ3n) is 4.92. The summed E-state index contributed by atoms with van der Waals surface area (Å²) in [7, 11) is 1.31. The van der Waals surface area contributed by atoms with Crippen LogP contribution < -0.4 is 5.73 Å². The van der Waals surface area contributed by atoms with Gasteiger partial charge in [-0.2, -0.15) is 0 Å². The molecular formula is C19H35N3O5. The van der Waals surface area contributed by atoms with E-state index >= 15 is 0 Å². The Morgan fingerprint density at radius 2 is 1.74 bits per heavy atom. The molecule has 1 saturated heterocycles. The first-order valence-corrected chi connectivity index (χ1v) is 9.34. The zero-order valence-corrected chi connectivity index (χ0v) is 17.7. The van der Waals surface area contributed by atoms with E-state index in [1.165, 1.54) is 18.9 Å². The molecule has 0 saturated carbocycles. The lowest BCUT2D eigenvalue weighted by Crippen LogP contribution is -2.59. The predicted molar refractivity (Wildman–Crippen MR) is 102 cm³/mol. The van der Waals surface area contributed by atoms with E-state index in [9.17, 15) is 14.4 Å². The minimum atomic E-state index is -0.719. The molecule has 0 spiro atoms. The van der Waals surface area contributed by atoms with Gasteiger partial charge < -0.3 is 15.2 Å². The van der Waals surface area contributed by atoms with E-state index in [0.29, 0.717) is 32.6 Å². The Labute approximate surface area is 162 Å². The number of carbonyl (C=O) groups is 3. The van der Waals surface area contributed by atoms with Crippen LogP contribution in [0.15, 0.2) is 0 Å². The largest absolute Gasteiger partial charge is 0.467 e. The number of hydrogen-bond acceptors (Lipinski definition) is 7. The molecule has 1 heterocycles. The molecule has 1 aliphatic rings. The fourth-order valence-corrected chi connectivity index (χ4v) is 3.07. The average Bonchev–Trinajstić information content (AvgIpc) is 2.56. The molecular weight excluding hydrogens is 350 g/mol. The number of carbonyl (C=O) groups excluding carboxylic acids is 3. The summed E-state index contributed by atoms with van der Waals surface area (Å²) in [6.07, 6.45) is 0.185. The minimum Gasteiger partial charge on any atom is -0.467 e. The lowest BCUT2D eigenvalue weighted by atomic mass is 9.79. The summed E-state index contributed by atoms with van der Waals surface area (Å²) >= 11 is 0. The molecule has 8 nitrogen and oxygen atoms in total. The monoisotopic (exact) mass is 385 g/mol. The molecule has 0 aromatic heterocycles. The van der Waals surface area contributed by atoms with Gasteiger partial charge in [0.25, 0.3) is 0 Å². The number of nitrogens with two attached hydrogens (primary N) is 1. The lowest BCUT2D eigenvalue weighted by Gasteiger charge is -2.41. The molecule has 156 valence electrons. The van der Waals surface area contributed by atoms with E-state index in [-0.39, 0.29) is 11.2 Å². The quantitative estimate of drug-likeness (QED) is 0.690. The number of Topliss-reactive ketones (excluding diaryl/α,β-unsaturated/α-hetero) is 1. The molecule has 2 N–H and O–H groups in total. The standard InChI is InChI=1S/C19H35N3O5/c1-13(23)15(20)19(5,6)8-9-21-10-11-22(14(12-21)16(24)26-7)17(25)27-18(2,3)4/h14-15H,8-12,20H2,1-7H3/t14-,15+/m1/s1. The number of rotatable bonds is 6. The van der Waals surface area contributed by atoms with Gasteiger partial charge >= 0.3 is 12.1 Å². The highest BCUT2D eigenvalue weighted by Gasteiger charge is 2.39. The number of ether oxygens (including phenoxy) is 2. The Morgan fingerprint density at radius 3 is 2.22 bits per heavy atom. The van der Waals surface area contributed by atoms with Crippen LogP contribution in [0.4, 0.5) is 4.79 Å². The van der Waals surface area contributed by atoms with Crippen LogP contribution in [0.2, 0.25) is 0 Å². The second-order valence-electron chi connectivity index (χ2n) is 8.84.